The third-order valence-corrected chi connectivity index (χ3v) is 8.08. The Kier molecular flexibility index (Phi) is 7.51. The summed E-state index contributed by atoms with van der Waals surface area (Å²) in [4.78, 5) is 42.7. The number of hydrogen-bond donors (Lipinski definition) is 1. The van der Waals surface area contributed by atoms with E-state index in [0.29, 0.717) is 11.3 Å². The molecule has 1 aliphatic rings. The lowest BCUT2D eigenvalue weighted by molar-refractivity contribution is -0.122. The number of aromatic nitrogens is 1. The first kappa shape index (κ1) is 25.1. The van der Waals surface area contributed by atoms with Gasteiger partial charge in [-0.05, 0) is 65.9 Å². The van der Waals surface area contributed by atoms with Crippen LogP contribution in [-0.4, -0.2) is 55.5 Å². The monoisotopic (exact) mass is 522 g/mol. The summed E-state index contributed by atoms with van der Waals surface area (Å²) in [6.45, 7) is 0.0585. The van der Waals surface area contributed by atoms with Crippen LogP contribution in [0.3, 0.4) is 0 Å². The topological polar surface area (TPSA) is 117 Å². The van der Waals surface area contributed by atoms with Crippen LogP contribution in [0.25, 0.3) is 6.08 Å². The van der Waals surface area contributed by atoms with Crippen molar-refractivity contribution >= 4 is 50.6 Å². The molecule has 2 heterocycles. The van der Waals surface area contributed by atoms with E-state index in [4.69, 9.17) is 0 Å². The lowest BCUT2D eigenvalue weighted by Gasteiger charge is -2.19. The molecule has 184 valence electrons. The number of anilines is 1. The summed E-state index contributed by atoms with van der Waals surface area (Å²) in [7, 11) is -2.33. The van der Waals surface area contributed by atoms with Crippen molar-refractivity contribution in [2.24, 2.45) is 0 Å². The molecule has 1 aromatic heterocycles. The van der Waals surface area contributed by atoms with Crippen molar-refractivity contribution in [1.82, 2.24) is 15.2 Å². The number of benzene rings is 2. The molecule has 0 radical (unpaired) electrons. The number of carbonyl (C=O) groups is 3. The van der Waals surface area contributed by atoms with Crippen molar-refractivity contribution in [3.05, 3.63) is 95.2 Å². The molecule has 3 amide bonds. The van der Waals surface area contributed by atoms with Crippen molar-refractivity contribution in [3.63, 3.8) is 0 Å². The van der Waals surface area contributed by atoms with Gasteiger partial charge in [-0.3, -0.25) is 28.6 Å². The number of amides is 3. The highest BCUT2D eigenvalue weighted by atomic mass is 32.2. The summed E-state index contributed by atoms with van der Waals surface area (Å²) in [5.41, 5.74) is 1.47. The minimum Gasteiger partial charge on any atom is -0.350 e. The maximum Gasteiger partial charge on any atom is 0.293 e. The zero-order valence-electron chi connectivity index (χ0n) is 19.2. The molecule has 11 heteroatoms. The fraction of sp³-hybridized carbons (Fsp3) is 0.120. The molecule has 2 aromatic carbocycles. The molecule has 9 nitrogen and oxygen atoms in total. The van der Waals surface area contributed by atoms with E-state index in [-0.39, 0.29) is 28.5 Å². The molecule has 0 bridgehead atoms. The molecule has 0 spiro atoms. The summed E-state index contributed by atoms with van der Waals surface area (Å²) >= 11 is 0.834. The molecule has 0 atom stereocenters. The van der Waals surface area contributed by atoms with Crippen LogP contribution in [0.4, 0.5) is 10.5 Å². The quantitative estimate of drug-likeness (QED) is 0.451. The van der Waals surface area contributed by atoms with Gasteiger partial charge in [0, 0.05) is 38.1 Å². The molecule has 4 rings (SSSR count). The van der Waals surface area contributed by atoms with Crippen LogP contribution < -0.4 is 9.62 Å². The van der Waals surface area contributed by atoms with Gasteiger partial charge in [-0.1, -0.05) is 24.3 Å². The number of sulfonamides is 1. The Morgan fingerprint density at radius 1 is 1.06 bits per heavy atom. The van der Waals surface area contributed by atoms with E-state index in [9.17, 15) is 22.8 Å². The van der Waals surface area contributed by atoms with Crippen molar-refractivity contribution < 1.29 is 22.8 Å². The minimum absolute atomic E-state index is 0.00905. The first-order valence-corrected chi connectivity index (χ1v) is 13.1. The van der Waals surface area contributed by atoms with Crippen LogP contribution in [0.5, 0.6) is 0 Å². The Bertz CT molecular complexity index is 1410. The summed E-state index contributed by atoms with van der Waals surface area (Å²) in [6.07, 6.45) is 4.80. The fourth-order valence-electron chi connectivity index (χ4n) is 3.40. The second-order valence-electron chi connectivity index (χ2n) is 7.71. The van der Waals surface area contributed by atoms with Gasteiger partial charge in [-0.25, -0.2) is 8.42 Å². The van der Waals surface area contributed by atoms with Gasteiger partial charge in [0.15, 0.2) is 0 Å². The standard InChI is InChI=1S/C25H22N4O5S2/c1-28(20-7-3-2-4-8-20)36(33,34)21-11-9-19(10-12-21)23(30)27-14-15-29-24(31)22(35-25(29)32)16-18-6-5-13-26-17-18/h2-13,16-17H,14-15H2,1H3,(H,27,30)/b22-16+. The molecule has 0 saturated carbocycles. The zero-order chi connectivity index (χ0) is 25.7. The maximum absolute atomic E-state index is 12.9. The van der Waals surface area contributed by atoms with Crippen molar-refractivity contribution in [3.8, 4) is 0 Å². The van der Waals surface area contributed by atoms with E-state index in [0.717, 1.165) is 16.7 Å². The second kappa shape index (κ2) is 10.8. The largest absolute Gasteiger partial charge is 0.350 e. The van der Waals surface area contributed by atoms with E-state index in [1.807, 2.05) is 0 Å². The lowest BCUT2D eigenvalue weighted by Crippen LogP contribution is -2.37. The SMILES string of the molecule is CN(c1ccccc1)S(=O)(=O)c1ccc(C(=O)NCCN2C(=O)S/C(=C/c3cccnc3)C2=O)cc1. The number of carbonyl (C=O) groups excluding carboxylic acids is 3. The lowest BCUT2D eigenvalue weighted by atomic mass is 10.2. The van der Waals surface area contributed by atoms with Crippen LogP contribution in [0.15, 0.2) is 88.9 Å². The Balaban J connectivity index is 1.34. The number of imide groups is 1. The summed E-state index contributed by atoms with van der Waals surface area (Å²) in [5, 5.41) is 2.24. The van der Waals surface area contributed by atoms with E-state index in [1.54, 1.807) is 60.9 Å². The Morgan fingerprint density at radius 3 is 2.44 bits per heavy atom. The van der Waals surface area contributed by atoms with Gasteiger partial charge in [0.25, 0.3) is 27.1 Å². The highest BCUT2D eigenvalue weighted by Crippen LogP contribution is 2.31. The van der Waals surface area contributed by atoms with Crippen LogP contribution >= 0.6 is 11.8 Å². The fourth-order valence-corrected chi connectivity index (χ4v) is 5.46. The van der Waals surface area contributed by atoms with E-state index >= 15 is 0 Å². The number of hydrogen-bond acceptors (Lipinski definition) is 7. The van der Waals surface area contributed by atoms with Gasteiger partial charge >= 0.3 is 0 Å². The first-order valence-electron chi connectivity index (χ1n) is 10.8. The third kappa shape index (κ3) is 5.47. The maximum atomic E-state index is 12.9. The Labute approximate surface area is 212 Å². The third-order valence-electron chi connectivity index (χ3n) is 5.37. The molecule has 3 aromatic rings. The Morgan fingerprint density at radius 2 is 1.78 bits per heavy atom. The Hall–Kier alpha value is -3.96. The summed E-state index contributed by atoms with van der Waals surface area (Å²) in [5.74, 6) is -0.881. The van der Waals surface area contributed by atoms with Gasteiger partial charge in [0.1, 0.15) is 0 Å². The molecular weight excluding hydrogens is 500 g/mol. The van der Waals surface area contributed by atoms with E-state index in [1.165, 1.54) is 35.6 Å². The molecule has 1 aliphatic heterocycles. The van der Waals surface area contributed by atoms with E-state index < -0.39 is 27.1 Å². The second-order valence-corrected chi connectivity index (χ2v) is 10.7. The summed E-state index contributed by atoms with van der Waals surface area (Å²) in [6, 6.07) is 17.7. The summed E-state index contributed by atoms with van der Waals surface area (Å²) < 4.78 is 26.9. The van der Waals surface area contributed by atoms with Crippen LogP contribution in [0.2, 0.25) is 0 Å². The molecule has 1 saturated heterocycles. The van der Waals surface area contributed by atoms with Crippen molar-refractivity contribution in [2.75, 3.05) is 24.4 Å². The normalized spacial score (nSPS) is 14.8. The molecule has 1 N–H and O–H groups in total. The van der Waals surface area contributed by atoms with Crippen molar-refractivity contribution in [2.45, 2.75) is 4.90 Å². The molecule has 0 aliphatic carbocycles. The molecule has 36 heavy (non-hydrogen) atoms. The predicted octanol–water partition coefficient (Wildman–Crippen LogP) is 3.37. The smallest absolute Gasteiger partial charge is 0.293 e. The van der Waals surface area contributed by atoms with Crippen LogP contribution in [0, 0.1) is 0 Å². The average molecular weight is 523 g/mol. The predicted molar refractivity (Wildman–Crippen MR) is 138 cm³/mol. The molecule has 1 fully saturated rings. The van der Waals surface area contributed by atoms with Gasteiger partial charge in [-0.15, -0.1) is 0 Å². The molecular formula is C25H22N4O5S2. The highest BCUT2D eigenvalue weighted by molar-refractivity contribution is 8.18. The van der Waals surface area contributed by atoms with Gasteiger partial charge in [0.05, 0.1) is 15.5 Å². The van der Waals surface area contributed by atoms with E-state index in [2.05, 4.69) is 10.3 Å². The van der Waals surface area contributed by atoms with Crippen LogP contribution in [-0.2, 0) is 14.8 Å². The number of rotatable bonds is 8. The number of para-hydroxylation sites is 1. The minimum atomic E-state index is -3.79. The number of thioether (sulfide) groups is 1. The van der Waals surface area contributed by atoms with Gasteiger partial charge in [0.2, 0.25) is 0 Å². The molecule has 0 unspecified atom stereocenters. The average Bonchev–Trinajstić information content (AvgIpc) is 3.16. The zero-order valence-corrected chi connectivity index (χ0v) is 20.8. The highest BCUT2D eigenvalue weighted by Gasteiger charge is 2.34. The number of nitrogens with zero attached hydrogens (tertiary/aromatic N) is 3. The number of pyridine rings is 1. The first-order chi connectivity index (χ1) is 17.3. The van der Waals surface area contributed by atoms with Crippen LogP contribution in [0.1, 0.15) is 15.9 Å². The van der Waals surface area contributed by atoms with Gasteiger partial charge in [-0.2, -0.15) is 0 Å². The number of nitrogens with one attached hydrogen (secondary N) is 1. The van der Waals surface area contributed by atoms with Gasteiger partial charge < -0.3 is 5.32 Å². The van der Waals surface area contributed by atoms with Crippen molar-refractivity contribution in [1.29, 1.82) is 0 Å².